The lowest BCUT2D eigenvalue weighted by molar-refractivity contribution is 0.0691. The normalized spacial score (nSPS) is 31.8. The molecule has 0 amide bonds. The summed E-state index contributed by atoms with van der Waals surface area (Å²) >= 11 is 0. The number of nitrogens with zero attached hydrogens (tertiary/aromatic N) is 4. The van der Waals surface area contributed by atoms with Crippen LogP contribution in [0.4, 0.5) is 0 Å². The van der Waals surface area contributed by atoms with Gasteiger partial charge in [0.1, 0.15) is 0 Å². The Morgan fingerprint density at radius 2 is 1.14 bits per heavy atom. The molecule has 0 radical (unpaired) electrons. The zero-order valence-corrected chi connectivity index (χ0v) is 17.3. The molecular formula is C22H26N4O2. The SMILES string of the molecule is Cc1nn(C(=O)C(=O)n2nc(C)c3c2C[C@@H]2[C@H]3C2(C)C)c2c1[C@@H]1[C@@H](C2)C1(C)C. The number of fused-ring (bicyclic) bond motifs is 6. The molecule has 146 valence electrons. The molecule has 2 aromatic rings. The van der Waals surface area contributed by atoms with Crippen LogP contribution in [0.2, 0.25) is 0 Å². The van der Waals surface area contributed by atoms with E-state index in [1.165, 1.54) is 20.5 Å². The van der Waals surface area contributed by atoms with E-state index in [0.29, 0.717) is 23.7 Å². The fraction of sp³-hybridized carbons (Fsp3) is 0.636. The zero-order chi connectivity index (χ0) is 19.9. The highest BCUT2D eigenvalue weighted by molar-refractivity contribution is 6.36. The van der Waals surface area contributed by atoms with E-state index in [1.54, 1.807) is 0 Å². The lowest BCUT2D eigenvalue weighted by Crippen LogP contribution is -2.31. The van der Waals surface area contributed by atoms with Crippen molar-refractivity contribution in [3.63, 3.8) is 0 Å². The molecule has 6 heteroatoms. The summed E-state index contributed by atoms with van der Waals surface area (Å²) in [5, 5.41) is 8.95. The van der Waals surface area contributed by atoms with Crippen LogP contribution in [-0.4, -0.2) is 31.4 Å². The van der Waals surface area contributed by atoms with Crippen LogP contribution in [0.5, 0.6) is 0 Å². The molecule has 6 nitrogen and oxygen atoms in total. The van der Waals surface area contributed by atoms with E-state index in [4.69, 9.17) is 0 Å². The Labute approximate surface area is 164 Å². The molecule has 6 rings (SSSR count). The summed E-state index contributed by atoms with van der Waals surface area (Å²) in [5.41, 5.74) is 6.61. The van der Waals surface area contributed by atoms with Gasteiger partial charge in [-0.1, -0.05) is 27.7 Å². The van der Waals surface area contributed by atoms with Gasteiger partial charge in [-0.15, -0.1) is 0 Å². The third-order valence-corrected chi connectivity index (χ3v) is 8.53. The molecule has 2 aromatic heterocycles. The predicted octanol–water partition coefficient (Wildman–Crippen LogP) is 3.27. The Morgan fingerprint density at radius 1 is 0.786 bits per heavy atom. The minimum atomic E-state index is -0.575. The van der Waals surface area contributed by atoms with Crippen molar-refractivity contribution in [2.24, 2.45) is 22.7 Å². The molecule has 0 aliphatic heterocycles. The number of hydrogen-bond donors (Lipinski definition) is 0. The summed E-state index contributed by atoms with van der Waals surface area (Å²) in [5.74, 6) is 0.939. The van der Waals surface area contributed by atoms with Crippen LogP contribution in [-0.2, 0) is 12.8 Å². The maximum absolute atomic E-state index is 13.1. The molecule has 0 aromatic carbocycles. The van der Waals surface area contributed by atoms with Crippen LogP contribution >= 0.6 is 0 Å². The standard InChI is InChI=1S/C22H26N4O2/c1-9-15-13(7-11-17(15)21(11,3)4)25(23-9)19(27)20(28)26-14-8-12-18(22(12,5)6)16(14)10(2)24-26/h11-12,17-18H,7-8H2,1-6H3/t11-,12-,17-,18+/m1/s1. The van der Waals surface area contributed by atoms with Crippen molar-refractivity contribution in [1.29, 1.82) is 0 Å². The van der Waals surface area contributed by atoms with Gasteiger partial charge >= 0.3 is 11.8 Å². The van der Waals surface area contributed by atoms with Gasteiger partial charge in [0.15, 0.2) is 0 Å². The first-order chi connectivity index (χ1) is 13.1. The van der Waals surface area contributed by atoms with Crippen molar-refractivity contribution in [1.82, 2.24) is 19.6 Å². The molecule has 0 spiro atoms. The van der Waals surface area contributed by atoms with Gasteiger partial charge in [0.2, 0.25) is 0 Å². The number of aromatic nitrogens is 4. The second-order valence-corrected chi connectivity index (χ2v) is 10.5. The quantitative estimate of drug-likeness (QED) is 0.660. The maximum Gasteiger partial charge on any atom is 0.338 e. The Balaban J connectivity index is 1.36. The molecular weight excluding hydrogens is 352 g/mol. The van der Waals surface area contributed by atoms with Gasteiger partial charge < -0.3 is 0 Å². The summed E-state index contributed by atoms with van der Waals surface area (Å²) in [6.07, 6.45) is 1.67. The second-order valence-electron chi connectivity index (χ2n) is 10.5. The number of rotatable bonds is 0. The third-order valence-electron chi connectivity index (χ3n) is 8.53. The summed E-state index contributed by atoms with van der Waals surface area (Å²) in [6, 6.07) is 0. The van der Waals surface area contributed by atoms with Gasteiger partial charge in [0, 0.05) is 11.1 Å². The first-order valence-corrected chi connectivity index (χ1v) is 10.3. The first kappa shape index (κ1) is 16.7. The summed E-state index contributed by atoms with van der Waals surface area (Å²) in [4.78, 5) is 26.2. The van der Waals surface area contributed by atoms with Gasteiger partial charge in [0.05, 0.1) is 22.8 Å². The molecule has 28 heavy (non-hydrogen) atoms. The van der Waals surface area contributed by atoms with E-state index >= 15 is 0 Å². The largest absolute Gasteiger partial charge is 0.338 e. The van der Waals surface area contributed by atoms with Crippen molar-refractivity contribution < 1.29 is 9.59 Å². The van der Waals surface area contributed by atoms with E-state index in [-0.39, 0.29) is 10.8 Å². The van der Waals surface area contributed by atoms with Crippen LogP contribution in [0.1, 0.15) is 83.0 Å². The fourth-order valence-electron chi connectivity index (χ4n) is 6.71. The smallest absolute Gasteiger partial charge is 0.261 e. The maximum atomic E-state index is 13.1. The topological polar surface area (TPSA) is 69.8 Å². The summed E-state index contributed by atoms with van der Waals surface area (Å²) in [7, 11) is 0. The third kappa shape index (κ3) is 1.67. The van der Waals surface area contributed by atoms with Gasteiger partial charge in [-0.05, 0) is 61.2 Å². The summed E-state index contributed by atoms with van der Waals surface area (Å²) < 4.78 is 2.75. The van der Waals surface area contributed by atoms with Crippen LogP contribution in [0.15, 0.2) is 0 Å². The van der Waals surface area contributed by atoms with Crippen molar-refractivity contribution in [3.8, 4) is 0 Å². The average molecular weight is 378 g/mol. The molecule has 0 saturated heterocycles. The van der Waals surface area contributed by atoms with Crippen LogP contribution in [0.25, 0.3) is 0 Å². The molecule has 0 N–H and O–H groups in total. The number of carbonyl (C=O) groups is 2. The Hall–Kier alpha value is -2.24. The Morgan fingerprint density at radius 3 is 1.50 bits per heavy atom. The highest BCUT2D eigenvalue weighted by Crippen LogP contribution is 2.71. The van der Waals surface area contributed by atoms with E-state index < -0.39 is 11.8 Å². The lowest BCUT2D eigenvalue weighted by Gasteiger charge is -2.11. The highest BCUT2D eigenvalue weighted by atomic mass is 16.2. The molecule has 4 aliphatic carbocycles. The van der Waals surface area contributed by atoms with Crippen LogP contribution in [0.3, 0.4) is 0 Å². The molecule has 4 atom stereocenters. The Kier molecular flexibility index (Phi) is 2.68. The monoisotopic (exact) mass is 378 g/mol. The molecule has 0 bridgehead atoms. The number of aryl methyl sites for hydroxylation is 2. The molecule has 2 heterocycles. The van der Waals surface area contributed by atoms with Crippen molar-refractivity contribution in [3.05, 3.63) is 33.9 Å². The second kappa shape index (κ2) is 4.50. The number of carbonyl (C=O) groups excluding carboxylic acids is 2. The van der Waals surface area contributed by atoms with E-state index in [1.807, 2.05) is 13.8 Å². The molecule has 0 unspecified atom stereocenters. The van der Waals surface area contributed by atoms with Gasteiger partial charge in [-0.25, -0.2) is 0 Å². The van der Waals surface area contributed by atoms with Crippen LogP contribution in [0, 0.1) is 36.5 Å². The van der Waals surface area contributed by atoms with E-state index in [0.717, 1.165) is 35.6 Å². The minimum absolute atomic E-state index is 0.284. The van der Waals surface area contributed by atoms with E-state index in [9.17, 15) is 9.59 Å². The lowest BCUT2D eigenvalue weighted by atomic mass is 9.98. The van der Waals surface area contributed by atoms with Gasteiger partial charge in [-0.2, -0.15) is 19.6 Å². The van der Waals surface area contributed by atoms with Crippen molar-refractivity contribution in [2.75, 3.05) is 0 Å². The summed E-state index contributed by atoms with van der Waals surface area (Å²) in [6.45, 7) is 13.0. The Bertz CT molecular complexity index is 1030. The zero-order valence-electron chi connectivity index (χ0n) is 17.3. The molecule has 2 saturated carbocycles. The van der Waals surface area contributed by atoms with Gasteiger partial charge in [0.25, 0.3) is 0 Å². The van der Waals surface area contributed by atoms with Gasteiger partial charge in [-0.3, -0.25) is 9.59 Å². The van der Waals surface area contributed by atoms with Crippen molar-refractivity contribution in [2.45, 2.75) is 66.2 Å². The molecule has 4 aliphatic rings. The van der Waals surface area contributed by atoms with Crippen LogP contribution < -0.4 is 0 Å². The predicted molar refractivity (Wildman–Crippen MR) is 103 cm³/mol. The van der Waals surface area contributed by atoms with Crippen molar-refractivity contribution >= 4 is 11.8 Å². The highest BCUT2D eigenvalue weighted by Gasteiger charge is 2.65. The number of hydrogen-bond acceptors (Lipinski definition) is 4. The fourth-order valence-corrected chi connectivity index (χ4v) is 6.71. The minimum Gasteiger partial charge on any atom is -0.261 e. The molecule has 2 fully saturated rings. The first-order valence-electron chi connectivity index (χ1n) is 10.3. The average Bonchev–Trinajstić information content (AvgIpc) is 3.11. The van der Waals surface area contributed by atoms with E-state index in [2.05, 4.69) is 37.9 Å².